The second kappa shape index (κ2) is 7.23. The zero-order chi connectivity index (χ0) is 15.3. The van der Waals surface area contributed by atoms with Crippen LogP contribution in [0.3, 0.4) is 0 Å². The molecular weight excluding hydrogens is 278 g/mol. The maximum Gasteiger partial charge on any atom is 0.326 e. The van der Waals surface area contributed by atoms with Crippen molar-refractivity contribution in [3.8, 4) is 0 Å². The summed E-state index contributed by atoms with van der Waals surface area (Å²) in [7, 11) is 1.64. The van der Waals surface area contributed by atoms with Crippen LogP contribution >= 0.6 is 11.3 Å². The van der Waals surface area contributed by atoms with E-state index in [1.165, 1.54) is 16.2 Å². The SMILES string of the molecule is Cc1ncsc1CN(C)C(=O)NC(CC(C)C)C(=O)O. The number of thiazole rings is 1. The van der Waals surface area contributed by atoms with E-state index in [4.69, 9.17) is 5.11 Å². The Hall–Kier alpha value is -1.63. The van der Waals surface area contributed by atoms with Gasteiger partial charge in [-0.15, -0.1) is 11.3 Å². The molecule has 1 aromatic rings. The summed E-state index contributed by atoms with van der Waals surface area (Å²) in [6.07, 6.45) is 0.411. The molecule has 0 saturated carbocycles. The number of nitrogens with one attached hydrogen (secondary N) is 1. The van der Waals surface area contributed by atoms with E-state index < -0.39 is 12.0 Å². The number of urea groups is 1. The summed E-state index contributed by atoms with van der Waals surface area (Å²) < 4.78 is 0. The molecule has 1 aromatic heterocycles. The number of rotatable bonds is 6. The highest BCUT2D eigenvalue weighted by molar-refractivity contribution is 7.09. The molecule has 0 fully saturated rings. The summed E-state index contributed by atoms with van der Waals surface area (Å²) in [5, 5.41) is 11.7. The summed E-state index contributed by atoms with van der Waals surface area (Å²) in [5.74, 6) is -0.806. The molecule has 2 amide bonds. The Morgan fingerprint density at radius 2 is 2.15 bits per heavy atom. The van der Waals surface area contributed by atoms with Crippen molar-refractivity contribution < 1.29 is 14.7 Å². The quantitative estimate of drug-likeness (QED) is 0.842. The van der Waals surface area contributed by atoms with E-state index in [0.29, 0.717) is 13.0 Å². The summed E-state index contributed by atoms with van der Waals surface area (Å²) in [5.41, 5.74) is 2.63. The maximum absolute atomic E-state index is 12.0. The fraction of sp³-hybridized carbons (Fsp3) is 0.615. The lowest BCUT2D eigenvalue weighted by atomic mass is 10.0. The normalized spacial score (nSPS) is 12.2. The first-order valence-corrected chi connectivity index (χ1v) is 7.32. The van der Waals surface area contributed by atoms with E-state index in [1.807, 2.05) is 20.8 Å². The Morgan fingerprint density at radius 1 is 1.50 bits per heavy atom. The number of aliphatic carboxylic acids is 1. The van der Waals surface area contributed by atoms with Crippen LogP contribution in [0.5, 0.6) is 0 Å². The molecule has 1 unspecified atom stereocenters. The van der Waals surface area contributed by atoms with Crippen molar-refractivity contribution in [2.75, 3.05) is 7.05 Å². The largest absolute Gasteiger partial charge is 0.480 e. The van der Waals surface area contributed by atoms with Crippen LogP contribution < -0.4 is 5.32 Å². The molecule has 0 bridgehead atoms. The number of aromatic nitrogens is 1. The van der Waals surface area contributed by atoms with Crippen molar-refractivity contribution in [2.24, 2.45) is 5.92 Å². The number of nitrogens with zero attached hydrogens (tertiary/aromatic N) is 2. The minimum absolute atomic E-state index is 0.199. The first-order chi connectivity index (χ1) is 9.31. The maximum atomic E-state index is 12.0. The Labute approximate surface area is 122 Å². The minimum atomic E-state index is -1.01. The van der Waals surface area contributed by atoms with E-state index in [9.17, 15) is 9.59 Å². The van der Waals surface area contributed by atoms with Crippen molar-refractivity contribution in [3.63, 3.8) is 0 Å². The monoisotopic (exact) mass is 299 g/mol. The number of carboxylic acid groups (broad SMARTS) is 1. The number of carbonyl (C=O) groups excluding carboxylic acids is 1. The van der Waals surface area contributed by atoms with Gasteiger partial charge in [-0.2, -0.15) is 0 Å². The Bertz CT molecular complexity index is 473. The number of carbonyl (C=O) groups is 2. The van der Waals surface area contributed by atoms with Crippen LogP contribution in [0.4, 0.5) is 4.79 Å². The second-order valence-electron chi connectivity index (χ2n) is 5.19. The highest BCUT2D eigenvalue weighted by atomic mass is 32.1. The van der Waals surface area contributed by atoms with Crippen LogP contribution in [0.25, 0.3) is 0 Å². The molecule has 0 radical (unpaired) electrons. The molecule has 7 heteroatoms. The smallest absolute Gasteiger partial charge is 0.326 e. The topological polar surface area (TPSA) is 82.5 Å². The van der Waals surface area contributed by atoms with Gasteiger partial charge in [0.15, 0.2) is 0 Å². The molecular formula is C13H21N3O3S. The predicted octanol–water partition coefficient (Wildman–Crippen LogP) is 2.09. The third-order valence-electron chi connectivity index (χ3n) is 2.88. The van der Waals surface area contributed by atoms with Crippen LogP contribution in [0.2, 0.25) is 0 Å². The van der Waals surface area contributed by atoms with Gasteiger partial charge in [0, 0.05) is 11.9 Å². The molecule has 1 atom stereocenters. The standard InChI is InChI=1S/C13H21N3O3S/c1-8(2)5-10(12(17)18)15-13(19)16(4)6-11-9(3)14-7-20-11/h7-8,10H,5-6H2,1-4H3,(H,15,19)(H,17,18). The van der Waals surface area contributed by atoms with Gasteiger partial charge < -0.3 is 15.3 Å². The minimum Gasteiger partial charge on any atom is -0.480 e. The average molecular weight is 299 g/mol. The van der Waals surface area contributed by atoms with Crippen molar-refractivity contribution in [1.29, 1.82) is 0 Å². The van der Waals surface area contributed by atoms with Gasteiger partial charge in [0.05, 0.1) is 17.7 Å². The van der Waals surface area contributed by atoms with Gasteiger partial charge in [-0.05, 0) is 19.3 Å². The molecule has 112 valence electrons. The molecule has 6 nitrogen and oxygen atoms in total. The van der Waals surface area contributed by atoms with Gasteiger partial charge in [-0.3, -0.25) is 0 Å². The van der Waals surface area contributed by atoms with Gasteiger partial charge >= 0.3 is 12.0 Å². The molecule has 1 rings (SSSR count). The first kappa shape index (κ1) is 16.4. The van der Waals surface area contributed by atoms with Crippen molar-refractivity contribution in [3.05, 3.63) is 16.1 Å². The van der Waals surface area contributed by atoms with E-state index >= 15 is 0 Å². The third-order valence-corrected chi connectivity index (χ3v) is 3.80. The average Bonchev–Trinajstić information content (AvgIpc) is 2.73. The zero-order valence-electron chi connectivity index (χ0n) is 12.2. The molecule has 0 spiro atoms. The zero-order valence-corrected chi connectivity index (χ0v) is 13.0. The number of hydrogen-bond acceptors (Lipinski definition) is 4. The molecule has 0 aliphatic carbocycles. The van der Waals surface area contributed by atoms with Crippen LogP contribution in [0.15, 0.2) is 5.51 Å². The fourth-order valence-electron chi connectivity index (χ4n) is 1.72. The van der Waals surface area contributed by atoms with Gasteiger partial charge in [0.2, 0.25) is 0 Å². The van der Waals surface area contributed by atoms with E-state index in [-0.39, 0.29) is 11.9 Å². The Morgan fingerprint density at radius 3 is 2.60 bits per heavy atom. The lowest BCUT2D eigenvalue weighted by Gasteiger charge is -2.22. The number of aryl methyl sites for hydroxylation is 1. The van der Waals surface area contributed by atoms with E-state index in [2.05, 4.69) is 10.3 Å². The van der Waals surface area contributed by atoms with Crippen LogP contribution in [0.1, 0.15) is 30.8 Å². The highest BCUT2D eigenvalue weighted by Gasteiger charge is 2.23. The molecule has 0 aliphatic rings. The van der Waals surface area contributed by atoms with Crippen LogP contribution in [-0.4, -0.2) is 40.1 Å². The lowest BCUT2D eigenvalue weighted by molar-refractivity contribution is -0.139. The van der Waals surface area contributed by atoms with E-state index in [0.717, 1.165) is 10.6 Å². The molecule has 1 heterocycles. The molecule has 0 aliphatic heterocycles. The third kappa shape index (κ3) is 4.80. The summed E-state index contributed by atoms with van der Waals surface area (Å²) in [6.45, 7) is 6.16. The van der Waals surface area contributed by atoms with Gasteiger partial charge in [0.25, 0.3) is 0 Å². The van der Waals surface area contributed by atoms with Gasteiger partial charge in [-0.1, -0.05) is 13.8 Å². The fourth-order valence-corrected chi connectivity index (χ4v) is 2.55. The van der Waals surface area contributed by atoms with Crippen molar-refractivity contribution in [2.45, 2.75) is 39.8 Å². The van der Waals surface area contributed by atoms with Crippen molar-refractivity contribution in [1.82, 2.24) is 15.2 Å². The summed E-state index contributed by atoms with van der Waals surface area (Å²) >= 11 is 1.48. The number of hydrogen-bond donors (Lipinski definition) is 2. The van der Waals surface area contributed by atoms with Crippen molar-refractivity contribution >= 4 is 23.3 Å². The second-order valence-corrected chi connectivity index (χ2v) is 6.13. The number of amides is 2. The van der Waals surface area contributed by atoms with Crippen LogP contribution in [-0.2, 0) is 11.3 Å². The lowest BCUT2D eigenvalue weighted by Crippen LogP contribution is -2.46. The summed E-state index contributed by atoms with van der Waals surface area (Å²) in [6, 6.07) is -1.24. The van der Waals surface area contributed by atoms with E-state index in [1.54, 1.807) is 12.6 Å². The first-order valence-electron chi connectivity index (χ1n) is 6.44. The Kier molecular flexibility index (Phi) is 5.94. The summed E-state index contributed by atoms with van der Waals surface area (Å²) in [4.78, 5) is 29.7. The molecule has 20 heavy (non-hydrogen) atoms. The Balaban J connectivity index is 2.59. The molecule has 0 saturated heterocycles. The van der Waals surface area contributed by atoms with Crippen LogP contribution in [0, 0.1) is 12.8 Å². The number of carboxylic acids is 1. The van der Waals surface area contributed by atoms with Gasteiger partial charge in [-0.25, -0.2) is 14.6 Å². The predicted molar refractivity (Wildman–Crippen MR) is 77.7 cm³/mol. The molecule has 0 aromatic carbocycles. The van der Waals surface area contributed by atoms with Gasteiger partial charge in [0.1, 0.15) is 6.04 Å². The highest BCUT2D eigenvalue weighted by Crippen LogP contribution is 2.14. The molecule has 2 N–H and O–H groups in total.